The number of amides is 1. The van der Waals surface area contributed by atoms with Crippen LogP contribution in [-0.4, -0.2) is 18.5 Å². The van der Waals surface area contributed by atoms with Gasteiger partial charge in [-0.2, -0.15) is 0 Å². The van der Waals surface area contributed by atoms with Crippen LogP contribution in [0.1, 0.15) is 24.8 Å². The normalized spacial score (nSPS) is 29.3. The average Bonchev–Trinajstić information content (AvgIpc) is 2.95. The van der Waals surface area contributed by atoms with Gasteiger partial charge in [0.25, 0.3) is 0 Å². The molecule has 0 aromatic heterocycles. The summed E-state index contributed by atoms with van der Waals surface area (Å²) in [6, 6.07) is 6.08. The molecule has 3 atom stereocenters. The van der Waals surface area contributed by atoms with Crippen LogP contribution in [0.2, 0.25) is 0 Å². The molecule has 2 aliphatic rings. The lowest BCUT2D eigenvalue weighted by Gasteiger charge is -2.18. The largest absolute Gasteiger partial charge is 0.325 e. The number of benzene rings is 1. The van der Waals surface area contributed by atoms with E-state index in [0.29, 0.717) is 11.8 Å². The molecule has 3 unspecified atom stereocenters. The van der Waals surface area contributed by atoms with Crippen molar-refractivity contribution >= 4 is 34.2 Å². The molecule has 1 saturated heterocycles. The van der Waals surface area contributed by atoms with E-state index in [9.17, 15) is 4.79 Å². The van der Waals surface area contributed by atoms with Crippen LogP contribution in [0.4, 0.5) is 5.69 Å². The van der Waals surface area contributed by atoms with E-state index in [-0.39, 0.29) is 11.9 Å². The first-order valence-electron chi connectivity index (χ1n) is 6.95. The van der Waals surface area contributed by atoms with Crippen molar-refractivity contribution in [1.29, 1.82) is 0 Å². The Bertz CT molecular complexity index is 503. The number of anilines is 1. The van der Waals surface area contributed by atoms with Gasteiger partial charge in [-0.25, -0.2) is 0 Å². The molecule has 0 radical (unpaired) electrons. The van der Waals surface area contributed by atoms with Crippen LogP contribution in [0.15, 0.2) is 18.2 Å². The maximum absolute atomic E-state index is 12.4. The molecule has 3 rings (SSSR count). The number of nitrogens with one attached hydrogen (secondary N) is 2. The van der Waals surface area contributed by atoms with Crippen molar-refractivity contribution < 1.29 is 4.79 Å². The Balaban J connectivity index is 1.69. The van der Waals surface area contributed by atoms with E-state index in [2.05, 4.69) is 46.2 Å². The van der Waals surface area contributed by atoms with Crippen molar-refractivity contribution in [3.63, 3.8) is 0 Å². The third-order valence-electron chi connectivity index (χ3n) is 4.47. The molecule has 1 aromatic rings. The van der Waals surface area contributed by atoms with Crippen molar-refractivity contribution in [2.45, 2.75) is 32.2 Å². The van der Waals surface area contributed by atoms with E-state index in [1.807, 2.05) is 12.1 Å². The number of hydrogen-bond donors (Lipinski definition) is 2. The van der Waals surface area contributed by atoms with Gasteiger partial charge in [0.15, 0.2) is 0 Å². The Morgan fingerprint density at radius 3 is 3.05 bits per heavy atom. The van der Waals surface area contributed by atoms with Gasteiger partial charge in [0, 0.05) is 9.26 Å². The lowest BCUT2D eigenvalue weighted by molar-refractivity contribution is -0.118. The molecule has 2 fully saturated rings. The summed E-state index contributed by atoms with van der Waals surface area (Å²) in [5.74, 6) is 1.40. The first kappa shape index (κ1) is 13.4. The quantitative estimate of drug-likeness (QED) is 0.787. The Kier molecular flexibility index (Phi) is 3.80. The first-order valence-corrected chi connectivity index (χ1v) is 8.03. The van der Waals surface area contributed by atoms with E-state index in [1.165, 1.54) is 28.4 Å². The van der Waals surface area contributed by atoms with Crippen LogP contribution in [0, 0.1) is 22.3 Å². The van der Waals surface area contributed by atoms with E-state index in [4.69, 9.17) is 0 Å². The van der Waals surface area contributed by atoms with Gasteiger partial charge in [-0.1, -0.05) is 12.5 Å². The molecule has 3 nitrogen and oxygen atoms in total. The van der Waals surface area contributed by atoms with Gasteiger partial charge in [-0.15, -0.1) is 0 Å². The Morgan fingerprint density at radius 2 is 2.26 bits per heavy atom. The zero-order valence-electron chi connectivity index (χ0n) is 11.1. The maximum atomic E-state index is 12.4. The fraction of sp³-hybridized carbons (Fsp3) is 0.533. The SMILES string of the molecule is Cc1ccc(NC(=O)C2NCC3CCCC32)cc1I. The Hall–Kier alpha value is -0.620. The average molecular weight is 370 g/mol. The van der Waals surface area contributed by atoms with Crippen molar-refractivity contribution in [3.8, 4) is 0 Å². The molecule has 4 heteroatoms. The molecule has 102 valence electrons. The number of hydrogen-bond acceptors (Lipinski definition) is 2. The fourth-order valence-corrected chi connectivity index (χ4v) is 3.88. The molecule has 1 heterocycles. The zero-order valence-corrected chi connectivity index (χ0v) is 13.2. The molecule has 0 spiro atoms. The summed E-state index contributed by atoms with van der Waals surface area (Å²) in [5.41, 5.74) is 2.15. The third-order valence-corrected chi connectivity index (χ3v) is 5.63. The number of carbonyl (C=O) groups excluding carboxylic acids is 1. The molecule has 1 aliphatic carbocycles. The summed E-state index contributed by atoms with van der Waals surface area (Å²) in [6.45, 7) is 3.09. The van der Waals surface area contributed by atoms with E-state index in [0.717, 1.165) is 12.2 Å². The van der Waals surface area contributed by atoms with E-state index >= 15 is 0 Å². The van der Waals surface area contributed by atoms with Crippen LogP contribution in [0.5, 0.6) is 0 Å². The molecule has 1 aromatic carbocycles. The van der Waals surface area contributed by atoms with Crippen molar-refractivity contribution in [2.24, 2.45) is 11.8 Å². The highest BCUT2D eigenvalue weighted by Gasteiger charge is 2.42. The summed E-state index contributed by atoms with van der Waals surface area (Å²) in [5, 5.41) is 6.45. The molecule has 2 N–H and O–H groups in total. The lowest BCUT2D eigenvalue weighted by atomic mass is 9.93. The van der Waals surface area contributed by atoms with Crippen molar-refractivity contribution in [1.82, 2.24) is 5.32 Å². The van der Waals surface area contributed by atoms with Crippen LogP contribution in [-0.2, 0) is 4.79 Å². The van der Waals surface area contributed by atoms with Gasteiger partial charge in [0.2, 0.25) is 5.91 Å². The topological polar surface area (TPSA) is 41.1 Å². The maximum Gasteiger partial charge on any atom is 0.241 e. The molecule has 1 amide bonds. The third kappa shape index (κ3) is 2.65. The number of halogens is 1. The highest BCUT2D eigenvalue weighted by Crippen LogP contribution is 2.38. The molecule has 1 aliphatic heterocycles. The fourth-order valence-electron chi connectivity index (χ4n) is 3.37. The highest BCUT2D eigenvalue weighted by atomic mass is 127. The van der Waals surface area contributed by atoms with E-state index in [1.54, 1.807) is 0 Å². The second-order valence-corrected chi connectivity index (χ2v) is 6.86. The number of aryl methyl sites for hydroxylation is 1. The predicted octanol–water partition coefficient (Wildman–Crippen LogP) is 2.93. The van der Waals surface area contributed by atoms with E-state index < -0.39 is 0 Å². The monoisotopic (exact) mass is 370 g/mol. The van der Waals surface area contributed by atoms with Crippen LogP contribution in [0.3, 0.4) is 0 Å². The van der Waals surface area contributed by atoms with Crippen LogP contribution in [0.25, 0.3) is 0 Å². The smallest absolute Gasteiger partial charge is 0.241 e. The van der Waals surface area contributed by atoms with Gasteiger partial charge in [-0.05, 0) is 78.4 Å². The summed E-state index contributed by atoms with van der Waals surface area (Å²) in [7, 11) is 0. The number of rotatable bonds is 2. The number of carbonyl (C=O) groups is 1. The molecular weight excluding hydrogens is 351 g/mol. The summed E-state index contributed by atoms with van der Waals surface area (Å²) in [6.07, 6.45) is 3.76. The van der Waals surface area contributed by atoms with Gasteiger partial charge in [-0.3, -0.25) is 4.79 Å². The Labute approximate surface area is 127 Å². The van der Waals surface area contributed by atoms with Gasteiger partial charge < -0.3 is 10.6 Å². The standard InChI is InChI=1S/C15H19IN2O/c1-9-5-6-11(7-13(9)16)18-15(19)14-12-4-2-3-10(12)8-17-14/h5-7,10,12,14,17H,2-4,8H2,1H3,(H,18,19). The zero-order chi connectivity index (χ0) is 13.4. The summed E-state index contributed by atoms with van der Waals surface area (Å²) >= 11 is 2.30. The highest BCUT2D eigenvalue weighted by molar-refractivity contribution is 14.1. The summed E-state index contributed by atoms with van der Waals surface area (Å²) in [4.78, 5) is 12.4. The Morgan fingerprint density at radius 1 is 1.42 bits per heavy atom. The first-order chi connectivity index (χ1) is 9.15. The lowest BCUT2D eigenvalue weighted by Crippen LogP contribution is -2.39. The second kappa shape index (κ2) is 5.40. The van der Waals surface area contributed by atoms with Gasteiger partial charge in [0.1, 0.15) is 0 Å². The van der Waals surface area contributed by atoms with Gasteiger partial charge >= 0.3 is 0 Å². The minimum atomic E-state index is 0.00599. The van der Waals surface area contributed by atoms with Gasteiger partial charge in [0.05, 0.1) is 6.04 Å². The molecular formula is C15H19IN2O. The predicted molar refractivity (Wildman–Crippen MR) is 85.1 cm³/mol. The molecule has 0 bridgehead atoms. The minimum absolute atomic E-state index is 0.00599. The van der Waals surface area contributed by atoms with Crippen molar-refractivity contribution in [2.75, 3.05) is 11.9 Å². The van der Waals surface area contributed by atoms with Crippen molar-refractivity contribution in [3.05, 3.63) is 27.3 Å². The molecule has 1 saturated carbocycles. The second-order valence-electron chi connectivity index (χ2n) is 5.69. The van der Waals surface area contributed by atoms with Crippen LogP contribution >= 0.6 is 22.6 Å². The van der Waals surface area contributed by atoms with Crippen LogP contribution < -0.4 is 10.6 Å². The minimum Gasteiger partial charge on any atom is -0.325 e. The number of fused-ring (bicyclic) bond motifs is 1. The summed E-state index contributed by atoms with van der Waals surface area (Å²) < 4.78 is 1.19. The molecule has 19 heavy (non-hydrogen) atoms.